The average Bonchev–Trinajstić information content (AvgIpc) is 3.66. The second-order valence-electron chi connectivity index (χ2n) is 18.5. The van der Waals surface area contributed by atoms with Gasteiger partial charge in [0.1, 0.15) is 12.2 Å². The summed E-state index contributed by atoms with van der Waals surface area (Å²) in [6.45, 7) is 20.0. The smallest absolute Gasteiger partial charge is 0.407 e. The van der Waals surface area contributed by atoms with Gasteiger partial charge in [0, 0.05) is 38.2 Å². The predicted molar refractivity (Wildman–Crippen MR) is 182 cm³/mol. The molecule has 5 aliphatic carbocycles. The predicted octanol–water partition coefficient (Wildman–Crippen LogP) is 4.09. The Hall–Kier alpha value is -1.01. The summed E-state index contributed by atoms with van der Waals surface area (Å²) in [6, 6.07) is 0. The van der Waals surface area contributed by atoms with Crippen LogP contribution < -0.4 is 11.1 Å². The molecular weight excluding hydrogens is 610 g/mol. The number of fused-ring (bicyclic) bond motifs is 4. The van der Waals surface area contributed by atoms with E-state index >= 15 is 0 Å². The molecule has 48 heavy (non-hydrogen) atoms. The van der Waals surface area contributed by atoms with E-state index in [4.69, 9.17) is 24.7 Å². The van der Waals surface area contributed by atoms with E-state index in [1.165, 1.54) is 6.42 Å². The number of nitrogens with two attached hydrogens (primary N) is 1. The van der Waals surface area contributed by atoms with E-state index in [0.29, 0.717) is 19.1 Å². The number of alkyl carbamates (subject to hydrolysis) is 1. The zero-order chi connectivity index (χ0) is 34.5. The molecule has 0 aromatic carbocycles. The molecule has 7 aliphatic rings. The van der Waals surface area contributed by atoms with Gasteiger partial charge in [-0.1, -0.05) is 27.7 Å². The fourth-order valence-electron chi connectivity index (χ4n) is 13.6. The van der Waals surface area contributed by atoms with Crippen molar-refractivity contribution >= 4 is 6.09 Å². The fraction of sp³-hybridized carbons (Fsp3) is 0.974. The van der Waals surface area contributed by atoms with Crippen molar-refractivity contribution in [1.82, 2.24) is 10.2 Å². The number of ether oxygens (including phenoxy) is 4. The molecule has 0 bridgehead atoms. The van der Waals surface area contributed by atoms with Crippen molar-refractivity contribution < 1.29 is 34.0 Å². The van der Waals surface area contributed by atoms with Crippen LogP contribution in [-0.2, 0) is 18.9 Å². The lowest BCUT2D eigenvalue weighted by atomic mass is 9.43. The van der Waals surface area contributed by atoms with Gasteiger partial charge in [-0.25, -0.2) is 4.79 Å². The summed E-state index contributed by atoms with van der Waals surface area (Å²) >= 11 is 0. The molecule has 274 valence electrons. The zero-order valence-corrected chi connectivity index (χ0v) is 30.8. The molecule has 2 spiro atoms. The van der Waals surface area contributed by atoms with Crippen LogP contribution in [0.25, 0.3) is 0 Å². The third-order valence-electron chi connectivity index (χ3n) is 15.7. The summed E-state index contributed by atoms with van der Waals surface area (Å²) in [5, 5.41) is 26.5. The number of rotatable bonds is 8. The van der Waals surface area contributed by atoms with Gasteiger partial charge in [-0.3, -0.25) is 4.90 Å². The van der Waals surface area contributed by atoms with Crippen molar-refractivity contribution in [2.24, 2.45) is 51.1 Å². The van der Waals surface area contributed by atoms with E-state index in [2.05, 4.69) is 37.9 Å². The molecule has 0 aromatic heterocycles. The quantitative estimate of drug-likeness (QED) is 0.300. The lowest BCUT2D eigenvalue weighted by Gasteiger charge is -2.63. The van der Waals surface area contributed by atoms with Crippen molar-refractivity contribution in [3.8, 4) is 0 Å². The normalized spacial score (nSPS) is 48.6. The van der Waals surface area contributed by atoms with E-state index in [9.17, 15) is 15.0 Å². The Morgan fingerprint density at radius 2 is 1.77 bits per heavy atom. The first-order valence-corrected chi connectivity index (χ1v) is 19.3. The van der Waals surface area contributed by atoms with Gasteiger partial charge in [-0.2, -0.15) is 0 Å². The molecule has 0 aromatic rings. The molecule has 0 radical (unpaired) electrons. The maximum atomic E-state index is 13.0. The van der Waals surface area contributed by atoms with Crippen LogP contribution >= 0.6 is 0 Å². The number of hydrogen-bond donors (Lipinski definition) is 4. The highest BCUT2D eigenvalue weighted by Crippen LogP contribution is 2.87. The number of nitrogens with zero attached hydrogens (tertiary/aromatic N) is 1. The minimum absolute atomic E-state index is 0.116. The maximum absolute atomic E-state index is 13.0. The second kappa shape index (κ2) is 12.0. The van der Waals surface area contributed by atoms with Gasteiger partial charge in [-0.15, -0.1) is 0 Å². The fourth-order valence-corrected chi connectivity index (χ4v) is 13.6. The van der Waals surface area contributed by atoms with Crippen molar-refractivity contribution in [3.63, 3.8) is 0 Å². The highest BCUT2D eigenvalue weighted by Gasteiger charge is 2.85. The van der Waals surface area contributed by atoms with Crippen molar-refractivity contribution in [3.05, 3.63) is 0 Å². The Labute approximate surface area is 288 Å². The van der Waals surface area contributed by atoms with Crippen molar-refractivity contribution in [2.75, 3.05) is 46.0 Å². The van der Waals surface area contributed by atoms with E-state index in [1.54, 1.807) is 13.8 Å². The molecule has 7 rings (SSSR count). The number of aliphatic hydroxyl groups is 2. The first-order chi connectivity index (χ1) is 22.6. The van der Waals surface area contributed by atoms with E-state index < -0.39 is 23.3 Å². The Kier molecular flexibility index (Phi) is 8.87. The standard InChI is InChI=1S/C38H65N3O7/c1-8-46-31(34(5,6)44)24-21-23(2)28-29(47-24)30(42)38(39)26-10-9-25-33(3,4)27(48-32(43)40-15-16-41-17-19-45-20-18-41)11-12-36(25)22-37(26,36)14-13-35(28,38)7/h23-31,42,44H,8-22,39H2,1-7H3,(H,40,43). The minimum Gasteiger partial charge on any atom is -0.446 e. The van der Waals surface area contributed by atoms with Gasteiger partial charge < -0.3 is 40.2 Å². The molecule has 2 aliphatic heterocycles. The molecule has 13 unspecified atom stereocenters. The van der Waals surface area contributed by atoms with Gasteiger partial charge in [-0.05, 0) is 112 Å². The molecule has 10 heteroatoms. The largest absolute Gasteiger partial charge is 0.446 e. The minimum atomic E-state index is -1.06. The van der Waals surface area contributed by atoms with Crippen LogP contribution in [-0.4, -0.2) is 109 Å². The third kappa shape index (κ3) is 5.00. The summed E-state index contributed by atoms with van der Waals surface area (Å²) < 4.78 is 24.6. The van der Waals surface area contributed by atoms with Crippen LogP contribution in [0.2, 0.25) is 0 Å². The maximum Gasteiger partial charge on any atom is 0.407 e. The van der Waals surface area contributed by atoms with E-state index in [1.807, 2.05) is 6.92 Å². The summed E-state index contributed by atoms with van der Waals surface area (Å²) in [5.74, 6) is 1.12. The number of hydrogen-bond acceptors (Lipinski definition) is 9. The number of carbonyl (C=O) groups excluding carboxylic acids is 1. The number of aliphatic hydroxyl groups excluding tert-OH is 1. The number of morpholine rings is 1. The van der Waals surface area contributed by atoms with Crippen molar-refractivity contribution in [1.29, 1.82) is 0 Å². The molecular formula is C38H65N3O7. The molecule has 5 N–H and O–H groups in total. The van der Waals surface area contributed by atoms with Crippen LogP contribution in [0.1, 0.15) is 99.8 Å². The van der Waals surface area contributed by atoms with Gasteiger partial charge in [0.2, 0.25) is 0 Å². The Balaban J connectivity index is 1.07. The van der Waals surface area contributed by atoms with Crippen LogP contribution in [0.15, 0.2) is 0 Å². The summed E-state index contributed by atoms with van der Waals surface area (Å²) in [6.07, 6.45) is 5.71. The molecule has 10 nitrogen and oxygen atoms in total. The Morgan fingerprint density at radius 3 is 2.46 bits per heavy atom. The molecule has 13 atom stereocenters. The number of nitrogens with one attached hydrogen (secondary N) is 1. The second-order valence-corrected chi connectivity index (χ2v) is 18.5. The molecule has 1 amide bonds. The molecule has 5 saturated carbocycles. The lowest BCUT2D eigenvalue weighted by Crippen LogP contribution is -2.70. The highest BCUT2D eigenvalue weighted by molar-refractivity contribution is 5.67. The molecule has 2 heterocycles. The van der Waals surface area contributed by atoms with Crippen LogP contribution in [0, 0.1) is 45.3 Å². The van der Waals surface area contributed by atoms with Crippen molar-refractivity contribution in [2.45, 2.75) is 141 Å². The first-order valence-electron chi connectivity index (χ1n) is 19.3. The summed E-state index contributed by atoms with van der Waals surface area (Å²) in [4.78, 5) is 15.3. The zero-order valence-electron chi connectivity index (χ0n) is 30.8. The van der Waals surface area contributed by atoms with E-state index in [0.717, 1.165) is 77.8 Å². The number of amides is 1. The Morgan fingerprint density at radius 1 is 1.08 bits per heavy atom. The average molecular weight is 676 g/mol. The third-order valence-corrected chi connectivity index (χ3v) is 15.7. The first kappa shape index (κ1) is 35.4. The van der Waals surface area contributed by atoms with Gasteiger partial charge in [0.15, 0.2) is 0 Å². The number of carbonyl (C=O) groups is 1. The van der Waals surface area contributed by atoms with E-state index in [-0.39, 0.29) is 63.8 Å². The highest BCUT2D eigenvalue weighted by atomic mass is 16.6. The molecule has 2 saturated heterocycles. The van der Waals surface area contributed by atoms with Gasteiger partial charge >= 0.3 is 6.09 Å². The van der Waals surface area contributed by atoms with Crippen LogP contribution in [0.5, 0.6) is 0 Å². The summed E-state index contributed by atoms with van der Waals surface area (Å²) in [7, 11) is 0. The SMILES string of the molecule is CCOC(C1CC(C)C2C(O1)C(O)C1(N)C3CCC4C(C)(C)C(OC(=O)NCCN5CCOCC5)CCC45CC35CCC21C)C(C)(C)O. The van der Waals surface area contributed by atoms with Crippen LogP contribution in [0.3, 0.4) is 0 Å². The van der Waals surface area contributed by atoms with Gasteiger partial charge in [0.25, 0.3) is 0 Å². The Bertz CT molecular complexity index is 1220. The lowest BCUT2D eigenvalue weighted by molar-refractivity contribution is -0.214. The van der Waals surface area contributed by atoms with Crippen LogP contribution in [0.4, 0.5) is 4.79 Å². The summed E-state index contributed by atoms with van der Waals surface area (Å²) in [5.41, 5.74) is 5.89. The molecule has 7 fully saturated rings. The monoisotopic (exact) mass is 675 g/mol. The topological polar surface area (TPSA) is 136 Å². The van der Waals surface area contributed by atoms with Gasteiger partial charge in [0.05, 0.1) is 42.7 Å².